The standard InChI is InChI=1S/C11H17N/c1-3-10-5-4-6-11(9-10)7-8-12-2/h5,7-9,12H,3-4,6H2,1-2H3/b8-7+. The van der Waals surface area contributed by atoms with Crippen molar-refractivity contribution in [1.29, 1.82) is 0 Å². The highest BCUT2D eigenvalue weighted by Crippen LogP contribution is 2.19. The maximum Gasteiger partial charge on any atom is 0.00277 e. The van der Waals surface area contributed by atoms with Crippen molar-refractivity contribution in [2.24, 2.45) is 0 Å². The molecule has 0 aliphatic heterocycles. The molecule has 0 heterocycles. The molecule has 0 aromatic heterocycles. The third-order valence-corrected chi connectivity index (χ3v) is 2.08. The molecule has 1 N–H and O–H groups in total. The van der Waals surface area contributed by atoms with Crippen LogP contribution in [0.4, 0.5) is 0 Å². The lowest BCUT2D eigenvalue weighted by Gasteiger charge is -2.08. The molecule has 0 aromatic carbocycles. The predicted octanol–water partition coefficient (Wildman–Crippen LogP) is 2.78. The molecule has 1 aliphatic rings. The first kappa shape index (κ1) is 9.11. The van der Waals surface area contributed by atoms with Gasteiger partial charge in [0.1, 0.15) is 0 Å². The Morgan fingerprint density at radius 1 is 1.58 bits per heavy atom. The van der Waals surface area contributed by atoms with Gasteiger partial charge in [0.25, 0.3) is 0 Å². The average molecular weight is 163 g/mol. The third kappa shape index (κ3) is 2.57. The molecule has 0 saturated heterocycles. The van der Waals surface area contributed by atoms with Gasteiger partial charge in [-0.25, -0.2) is 0 Å². The van der Waals surface area contributed by atoms with Crippen molar-refractivity contribution in [2.45, 2.75) is 26.2 Å². The van der Waals surface area contributed by atoms with E-state index in [-0.39, 0.29) is 0 Å². The second-order valence-electron chi connectivity index (χ2n) is 3.01. The van der Waals surface area contributed by atoms with Crippen LogP contribution in [0.2, 0.25) is 0 Å². The minimum atomic E-state index is 1.15. The predicted molar refractivity (Wildman–Crippen MR) is 53.9 cm³/mol. The molecule has 12 heavy (non-hydrogen) atoms. The molecular weight excluding hydrogens is 146 g/mol. The van der Waals surface area contributed by atoms with Gasteiger partial charge in [-0.05, 0) is 37.1 Å². The van der Waals surface area contributed by atoms with Crippen molar-refractivity contribution in [3.8, 4) is 0 Å². The van der Waals surface area contributed by atoms with E-state index in [1.807, 2.05) is 13.2 Å². The molecule has 0 spiro atoms. The highest BCUT2D eigenvalue weighted by atomic mass is 14.8. The van der Waals surface area contributed by atoms with Gasteiger partial charge in [-0.2, -0.15) is 0 Å². The Labute approximate surface area is 74.9 Å². The van der Waals surface area contributed by atoms with Gasteiger partial charge >= 0.3 is 0 Å². The highest BCUT2D eigenvalue weighted by molar-refractivity contribution is 5.33. The van der Waals surface area contributed by atoms with Crippen LogP contribution in [0.5, 0.6) is 0 Å². The summed E-state index contributed by atoms with van der Waals surface area (Å²) in [6.45, 7) is 2.20. The van der Waals surface area contributed by atoms with Gasteiger partial charge < -0.3 is 5.32 Å². The Bertz CT molecular complexity index is 221. The largest absolute Gasteiger partial charge is 0.394 e. The first-order valence-corrected chi connectivity index (χ1v) is 4.60. The normalized spacial score (nSPS) is 17.5. The molecule has 1 aliphatic carbocycles. The van der Waals surface area contributed by atoms with Gasteiger partial charge in [0.15, 0.2) is 0 Å². The fraction of sp³-hybridized carbons (Fsp3) is 0.455. The van der Waals surface area contributed by atoms with Crippen LogP contribution in [0.3, 0.4) is 0 Å². The van der Waals surface area contributed by atoms with E-state index in [0.717, 1.165) is 6.42 Å². The number of allylic oxidation sites excluding steroid dienone is 5. The van der Waals surface area contributed by atoms with E-state index >= 15 is 0 Å². The molecule has 66 valence electrons. The summed E-state index contributed by atoms with van der Waals surface area (Å²) in [6, 6.07) is 0. The summed E-state index contributed by atoms with van der Waals surface area (Å²) in [6.07, 6.45) is 12.3. The number of rotatable bonds is 3. The van der Waals surface area contributed by atoms with Crippen molar-refractivity contribution < 1.29 is 0 Å². The second kappa shape index (κ2) is 4.81. The SMILES string of the molecule is CCC1=CCCC(/C=C/NC)=C1. The van der Waals surface area contributed by atoms with Crippen LogP contribution < -0.4 is 5.32 Å². The van der Waals surface area contributed by atoms with Gasteiger partial charge in [-0.3, -0.25) is 0 Å². The minimum absolute atomic E-state index is 1.15. The zero-order valence-corrected chi connectivity index (χ0v) is 7.93. The summed E-state index contributed by atoms with van der Waals surface area (Å²) >= 11 is 0. The fourth-order valence-electron chi connectivity index (χ4n) is 1.36. The summed E-state index contributed by atoms with van der Waals surface area (Å²) in [7, 11) is 1.93. The van der Waals surface area contributed by atoms with Crippen LogP contribution >= 0.6 is 0 Å². The molecule has 0 saturated carbocycles. The number of hydrogen-bond donors (Lipinski definition) is 1. The molecule has 0 bridgehead atoms. The Balaban J connectivity index is 2.60. The van der Waals surface area contributed by atoms with E-state index in [9.17, 15) is 0 Å². The first-order valence-electron chi connectivity index (χ1n) is 4.60. The molecule has 1 heteroatoms. The molecule has 0 atom stereocenters. The summed E-state index contributed by atoms with van der Waals surface area (Å²) in [5.74, 6) is 0. The molecule has 1 nitrogen and oxygen atoms in total. The van der Waals surface area contributed by atoms with Crippen LogP contribution in [0.25, 0.3) is 0 Å². The molecular formula is C11H17N. The lowest BCUT2D eigenvalue weighted by atomic mass is 9.98. The van der Waals surface area contributed by atoms with Gasteiger partial charge in [0, 0.05) is 7.05 Å². The van der Waals surface area contributed by atoms with Crippen LogP contribution in [-0.4, -0.2) is 7.05 Å². The van der Waals surface area contributed by atoms with E-state index in [2.05, 4.69) is 30.5 Å². The fourth-order valence-corrected chi connectivity index (χ4v) is 1.36. The smallest absolute Gasteiger partial charge is 0.00277 e. The summed E-state index contributed by atoms with van der Waals surface area (Å²) < 4.78 is 0. The average Bonchev–Trinajstić information content (AvgIpc) is 2.15. The van der Waals surface area contributed by atoms with Crippen LogP contribution in [0.15, 0.2) is 35.6 Å². The number of hydrogen-bond acceptors (Lipinski definition) is 1. The zero-order valence-electron chi connectivity index (χ0n) is 7.93. The van der Waals surface area contributed by atoms with Gasteiger partial charge in [-0.1, -0.05) is 24.6 Å². The van der Waals surface area contributed by atoms with E-state index in [1.165, 1.54) is 24.0 Å². The zero-order chi connectivity index (χ0) is 8.81. The molecule has 0 unspecified atom stereocenters. The molecule has 0 radical (unpaired) electrons. The van der Waals surface area contributed by atoms with E-state index in [4.69, 9.17) is 0 Å². The summed E-state index contributed by atoms with van der Waals surface area (Å²) in [4.78, 5) is 0. The topological polar surface area (TPSA) is 12.0 Å². The summed E-state index contributed by atoms with van der Waals surface area (Å²) in [5.41, 5.74) is 2.90. The highest BCUT2D eigenvalue weighted by Gasteiger charge is 2.00. The maximum atomic E-state index is 3.01. The quantitative estimate of drug-likeness (QED) is 0.674. The molecule has 0 fully saturated rings. The van der Waals surface area contributed by atoms with Gasteiger partial charge in [0.05, 0.1) is 0 Å². The van der Waals surface area contributed by atoms with Crippen molar-refractivity contribution in [3.63, 3.8) is 0 Å². The van der Waals surface area contributed by atoms with Crippen LogP contribution in [0.1, 0.15) is 26.2 Å². The monoisotopic (exact) mass is 163 g/mol. The summed E-state index contributed by atoms with van der Waals surface area (Å²) in [5, 5.41) is 3.01. The molecule has 1 rings (SSSR count). The third-order valence-electron chi connectivity index (χ3n) is 2.08. The molecule has 0 amide bonds. The Morgan fingerprint density at radius 2 is 2.42 bits per heavy atom. The lowest BCUT2D eigenvalue weighted by Crippen LogP contribution is -1.94. The van der Waals surface area contributed by atoms with Crippen molar-refractivity contribution in [3.05, 3.63) is 35.6 Å². The molecule has 0 aromatic rings. The van der Waals surface area contributed by atoms with E-state index in [0.29, 0.717) is 0 Å². The Kier molecular flexibility index (Phi) is 3.65. The van der Waals surface area contributed by atoms with Crippen molar-refractivity contribution in [1.82, 2.24) is 5.32 Å². The van der Waals surface area contributed by atoms with E-state index < -0.39 is 0 Å². The number of nitrogens with one attached hydrogen (secondary N) is 1. The first-order chi connectivity index (χ1) is 5.86. The van der Waals surface area contributed by atoms with Crippen molar-refractivity contribution in [2.75, 3.05) is 7.05 Å². The maximum absolute atomic E-state index is 3.01. The Hall–Kier alpha value is -0.980. The Morgan fingerprint density at radius 3 is 3.08 bits per heavy atom. The van der Waals surface area contributed by atoms with Gasteiger partial charge in [-0.15, -0.1) is 0 Å². The van der Waals surface area contributed by atoms with Crippen LogP contribution in [-0.2, 0) is 0 Å². The minimum Gasteiger partial charge on any atom is -0.394 e. The van der Waals surface area contributed by atoms with Crippen LogP contribution in [0, 0.1) is 0 Å². The van der Waals surface area contributed by atoms with Crippen molar-refractivity contribution >= 4 is 0 Å². The van der Waals surface area contributed by atoms with Gasteiger partial charge in [0.2, 0.25) is 0 Å². The van der Waals surface area contributed by atoms with E-state index in [1.54, 1.807) is 0 Å². The second-order valence-corrected chi connectivity index (χ2v) is 3.01. The lowest BCUT2D eigenvalue weighted by molar-refractivity contribution is 0.944.